The number of hydrogen-bond acceptors (Lipinski definition) is 7. The first kappa shape index (κ1) is 21.4. The molecule has 2 aliphatic heterocycles. The van der Waals surface area contributed by atoms with Gasteiger partial charge in [0.05, 0.1) is 18.5 Å². The number of sulfonamides is 1. The second-order valence-electron chi connectivity index (χ2n) is 7.01. The van der Waals surface area contributed by atoms with E-state index in [0.29, 0.717) is 11.4 Å². The van der Waals surface area contributed by atoms with E-state index in [1.165, 1.54) is 18.2 Å². The minimum atomic E-state index is -4.22. The zero-order valence-corrected chi connectivity index (χ0v) is 17.9. The van der Waals surface area contributed by atoms with Crippen LogP contribution in [0.25, 0.3) is 0 Å². The maximum Gasteiger partial charge on any atom is 0.586 e. The fourth-order valence-electron chi connectivity index (χ4n) is 3.74. The van der Waals surface area contributed by atoms with Crippen LogP contribution in [0.5, 0.6) is 17.2 Å². The predicted octanol–water partition coefficient (Wildman–Crippen LogP) is 2.64. The summed E-state index contributed by atoms with van der Waals surface area (Å²) in [5.41, 5.74) is 1.15. The Balaban J connectivity index is 1.75. The van der Waals surface area contributed by atoms with Crippen molar-refractivity contribution >= 4 is 21.4 Å². The molecule has 0 radical (unpaired) electrons. The first-order valence-corrected chi connectivity index (χ1v) is 11.3. The van der Waals surface area contributed by atoms with Crippen molar-refractivity contribution in [1.29, 1.82) is 0 Å². The fourth-order valence-corrected chi connectivity index (χ4v) is 5.34. The zero-order chi connectivity index (χ0) is 22.2. The van der Waals surface area contributed by atoms with Crippen LogP contribution in [0.4, 0.5) is 20.2 Å². The van der Waals surface area contributed by atoms with Crippen molar-refractivity contribution in [3.8, 4) is 17.2 Å². The summed E-state index contributed by atoms with van der Waals surface area (Å²) in [6, 6.07) is 8.86. The molecule has 0 unspecified atom stereocenters. The van der Waals surface area contributed by atoms with E-state index in [1.54, 1.807) is 32.2 Å². The minimum Gasteiger partial charge on any atom is -0.495 e. The molecule has 0 aromatic heterocycles. The number of piperazine rings is 1. The number of anilines is 2. The largest absolute Gasteiger partial charge is 0.586 e. The molecule has 1 saturated heterocycles. The van der Waals surface area contributed by atoms with Gasteiger partial charge in [0.25, 0.3) is 10.0 Å². The maximum absolute atomic E-state index is 13.6. The molecule has 2 aromatic carbocycles. The predicted molar refractivity (Wildman–Crippen MR) is 111 cm³/mol. The Morgan fingerprint density at radius 1 is 1.19 bits per heavy atom. The third-order valence-electron chi connectivity index (χ3n) is 5.16. The Labute approximate surface area is 179 Å². The third-order valence-corrected chi connectivity index (χ3v) is 7.08. The zero-order valence-electron chi connectivity index (χ0n) is 17.1. The van der Waals surface area contributed by atoms with Crippen LogP contribution < -0.4 is 28.7 Å². The minimum absolute atomic E-state index is 0.0799. The summed E-state index contributed by atoms with van der Waals surface area (Å²) in [5, 5.41) is 3.27. The summed E-state index contributed by atoms with van der Waals surface area (Å²) in [6.07, 6.45) is -3.92. The number of rotatable bonds is 6. The maximum atomic E-state index is 13.6. The number of ether oxygens (including phenoxy) is 3. The Morgan fingerprint density at radius 3 is 2.61 bits per heavy atom. The van der Waals surface area contributed by atoms with E-state index in [2.05, 4.69) is 19.7 Å². The highest BCUT2D eigenvalue weighted by Crippen LogP contribution is 2.46. The lowest BCUT2D eigenvalue weighted by molar-refractivity contribution is -0.287. The highest BCUT2D eigenvalue weighted by molar-refractivity contribution is 7.93. The molecule has 4 rings (SSSR count). The second kappa shape index (κ2) is 8.04. The highest BCUT2D eigenvalue weighted by Gasteiger charge is 2.46. The molecule has 1 fully saturated rings. The van der Waals surface area contributed by atoms with Gasteiger partial charge >= 0.3 is 6.29 Å². The highest BCUT2D eigenvalue weighted by atomic mass is 32.2. The van der Waals surface area contributed by atoms with Gasteiger partial charge in [0.15, 0.2) is 11.5 Å². The van der Waals surface area contributed by atoms with Crippen molar-refractivity contribution in [3.63, 3.8) is 0 Å². The summed E-state index contributed by atoms with van der Waals surface area (Å²) < 4.78 is 69.6. The number of fused-ring (bicyclic) bond motifs is 1. The molecule has 31 heavy (non-hydrogen) atoms. The molecule has 168 valence electrons. The normalized spacial score (nSPS) is 17.5. The third kappa shape index (κ3) is 3.94. The van der Waals surface area contributed by atoms with Crippen molar-refractivity contribution in [2.75, 3.05) is 49.0 Å². The van der Waals surface area contributed by atoms with E-state index in [9.17, 15) is 17.2 Å². The van der Waals surface area contributed by atoms with E-state index in [-0.39, 0.29) is 17.2 Å². The average molecular weight is 455 g/mol. The van der Waals surface area contributed by atoms with Gasteiger partial charge < -0.3 is 24.4 Å². The summed E-state index contributed by atoms with van der Waals surface area (Å²) in [5.74, 6) is -0.198. The van der Waals surface area contributed by atoms with Crippen molar-refractivity contribution in [2.45, 2.75) is 18.1 Å². The van der Waals surface area contributed by atoms with E-state index in [4.69, 9.17) is 4.74 Å². The number of hydrogen-bond donors (Lipinski definition) is 1. The van der Waals surface area contributed by atoms with Crippen molar-refractivity contribution in [1.82, 2.24) is 5.32 Å². The topological polar surface area (TPSA) is 80.3 Å². The van der Waals surface area contributed by atoms with Gasteiger partial charge in [-0.1, -0.05) is 6.07 Å². The van der Waals surface area contributed by atoms with Gasteiger partial charge in [-0.3, -0.25) is 4.31 Å². The summed E-state index contributed by atoms with van der Waals surface area (Å²) in [4.78, 5) is 1.72. The summed E-state index contributed by atoms with van der Waals surface area (Å²) >= 11 is 0. The second-order valence-corrected chi connectivity index (χ2v) is 8.84. The molecule has 0 bridgehead atoms. The number of benzene rings is 2. The van der Waals surface area contributed by atoms with Gasteiger partial charge in [-0.05, 0) is 37.3 Å². The van der Waals surface area contributed by atoms with E-state index >= 15 is 0 Å². The Bertz CT molecular complexity index is 1070. The van der Waals surface area contributed by atoms with Crippen LogP contribution in [0, 0.1) is 0 Å². The lowest BCUT2D eigenvalue weighted by atomic mass is 10.2. The van der Waals surface area contributed by atoms with Gasteiger partial charge in [0.1, 0.15) is 10.6 Å². The van der Waals surface area contributed by atoms with E-state index in [0.717, 1.165) is 36.2 Å². The molecule has 2 heterocycles. The molecule has 8 nitrogen and oxygen atoms in total. The number of methoxy groups -OCH3 is 1. The number of nitrogens with one attached hydrogen (secondary N) is 1. The number of halogens is 2. The van der Waals surface area contributed by atoms with Gasteiger partial charge in [-0.25, -0.2) is 8.42 Å². The van der Waals surface area contributed by atoms with Crippen molar-refractivity contribution in [2.24, 2.45) is 0 Å². The molecule has 0 saturated carbocycles. The first-order valence-electron chi connectivity index (χ1n) is 9.82. The van der Waals surface area contributed by atoms with Crippen LogP contribution in [0.3, 0.4) is 0 Å². The summed E-state index contributed by atoms with van der Waals surface area (Å²) in [7, 11) is -2.67. The van der Waals surface area contributed by atoms with Crippen LogP contribution in [0.1, 0.15) is 6.92 Å². The molecule has 0 spiro atoms. The van der Waals surface area contributed by atoms with Gasteiger partial charge in [0.2, 0.25) is 0 Å². The smallest absolute Gasteiger partial charge is 0.495 e. The molecule has 0 aliphatic carbocycles. The molecule has 11 heteroatoms. The molecule has 0 amide bonds. The van der Waals surface area contributed by atoms with Crippen LogP contribution in [0.15, 0.2) is 41.3 Å². The first-order chi connectivity index (χ1) is 14.8. The van der Waals surface area contributed by atoms with Crippen LogP contribution >= 0.6 is 0 Å². The van der Waals surface area contributed by atoms with Gasteiger partial charge in [-0.2, -0.15) is 0 Å². The van der Waals surface area contributed by atoms with Crippen LogP contribution in [0.2, 0.25) is 0 Å². The molecular weight excluding hydrogens is 432 g/mol. The Kier molecular flexibility index (Phi) is 5.56. The molecule has 1 N–H and O–H groups in total. The number of para-hydroxylation sites is 1. The molecule has 2 aliphatic rings. The van der Waals surface area contributed by atoms with Crippen LogP contribution in [-0.2, 0) is 10.0 Å². The van der Waals surface area contributed by atoms with E-state index < -0.39 is 22.1 Å². The Morgan fingerprint density at radius 2 is 1.94 bits per heavy atom. The monoisotopic (exact) mass is 455 g/mol. The molecule has 2 aromatic rings. The SMILES string of the molecule is CCN(c1ccc(OC)c(N2CCNCC2)c1)S(=O)(=O)c1cccc2c1OC(F)(F)O2. The van der Waals surface area contributed by atoms with Crippen molar-refractivity contribution in [3.05, 3.63) is 36.4 Å². The van der Waals surface area contributed by atoms with Crippen molar-refractivity contribution < 1.29 is 31.4 Å². The summed E-state index contributed by atoms with van der Waals surface area (Å²) in [6.45, 7) is 4.82. The lowest BCUT2D eigenvalue weighted by Crippen LogP contribution is -2.43. The van der Waals surface area contributed by atoms with Gasteiger partial charge in [0, 0.05) is 32.7 Å². The van der Waals surface area contributed by atoms with Crippen LogP contribution in [-0.4, -0.2) is 54.5 Å². The fraction of sp³-hybridized carbons (Fsp3) is 0.400. The number of nitrogens with zero attached hydrogens (tertiary/aromatic N) is 2. The average Bonchev–Trinajstić information content (AvgIpc) is 3.08. The lowest BCUT2D eigenvalue weighted by Gasteiger charge is -2.32. The molecule has 0 atom stereocenters. The number of alkyl halides is 2. The molecular formula is C20H23F2N3O5S. The standard InChI is InChI=1S/C20H23F2N3O5S/c1-3-25(14-7-8-16(28-2)15(13-14)24-11-9-23-10-12-24)31(26,27)18-6-4-5-17-19(18)30-20(21,22)29-17/h4-8,13,23H,3,9-12H2,1-2H3. The Hall–Kier alpha value is -2.79. The van der Waals surface area contributed by atoms with E-state index in [1.807, 2.05) is 0 Å². The quantitative estimate of drug-likeness (QED) is 0.717. The van der Waals surface area contributed by atoms with Gasteiger partial charge in [-0.15, -0.1) is 8.78 Å².